The number of amides is 2. The summed E-state index contributed by atoms with van der Waals surface area (Å²) in [5, 5.41) is 5.80. The van der Waals surface area contributed by atoms with Crippen molar-refractivity contribution < 1.29 is 9.59 Å². The van der Waals surface area contributed by atoms with Crippen LogP contribution in [0.15, 0.2) is 24.3 Å². The Morgan fingerprint density at radius 2 is 1.58 bits per heavy atom. The number of hydrogen-bond acceptors (Lipinski definition) is 4. The lowest BCUT2D eigenvalue weighted by atomic mass is 9.84. The third-order valence-electron chi connectivity index (χ3n) is 5.18. The van der Waals surface area contributed by atoms with E-state index in [1.165, 1.54) is 0 Å². The molecule has 146 valence electrons. The second-order valence-electron chi connectivity index (χ2n) is 7.29. The van der Waals surface area contributed by atoms with Gasteiger partial charge in [0.15, 0.2) is 0 Å². The first-order chi connectivity index (χ1) is 11.4. The molecule has 0 aliphatic heterocycles. The van der Waals surface area contributed by atoms with Crippen LogP contribution in [0.2, 0.25) is 0 Å². The van der Waals surface area contributed by atoms with Gasteiger partial charge in [-0.3, -0.25) is 9.59 Å². The summed E-state index contributed by atoms with van der Waals surface area (Å²) in [6.45, 7) is 0.334. The van der Waals surface area contributed by atoms with E-state index in [4.69, 9.17) is 5.73 Å². The van der Waals surface area contributed by atoms with Gasteiger partial charge in [-0.2, -0.15) is 0 Å². The maximum atomic E-state index is 12.5. The highest BCUT2D eigenvalue weighted by atomic mass is 35.5. The Hall–Kier alpha value is -1.34. The van der Waals surface area contributed by atoms with Crippen LogP contribution in [0, 0.1) is 17.8 Å². The number of likely N-dealkylation sites (N-methyl/N-ethyl adjacent to an activating group) is 1. The zero-order valence-electron chi connectivity index (χ0n) is 15.1. The minimum atomic E-state index is -0.0665. The number of nitrogens with two attached hydrogens (primary N) is 1. The average Bonchev–Trinajstić information content (AvgIpc) is 3.09. The molecule has 26 heavy (non-hydrogen) atoms. The van der Waals surface area contributed by atoms with Crippen LogP contribution in [0.4, 0.5) is 11.4 Å². The molecule has 3 rings (SSSR count). The Morgan fingerprint density at radius 1 is 1.04 bits per heavy atom. The highest BCUT2D eigenvalue weighted by Crippen LogP contribution is 2.47. The van der Waals surface area contributed by atoms with Crippen LogP contribution in [-0.2, 0) is 9.59 Å². The molecule has 2 aliphatic carbocycles. The predicted octanol–water partition coefficient (Wildman–Crippen LogP) is 2.34. The molecule has 1 aromatic rings. The van der Waals surface area contributed by atoms with Crippen LogP contribution in [-0.4, -0.2) is 43.4 Å². The maximum Gasteiger partial charge on any atom is 0.238 e. The Morgan fingerprint density at radius 3 is 2.08 bits per heavy atom. The van der Waals surface area contributed by atoms with E-state index in [0.29, 0.717) is 18.4 Å². The van der Waals surface area contributed by atoms with Crippen molar-refractivity contribution in [1.29, 1.82) is 0 Å². The van der Waals surface area contributed by atoms with E-state index in [2.05, 4.69) is 10.6 Å². The number of anilines is 2. The fraction of sp³-hybridized carbons (Fsp3) is 0.556. The first-order valence-corrected chi connectivity index (χ1v) is 8.55. The van der Waals surface area contributed by atoms with Crippen LogP contribution in [0.1, 0.15) is 19.3 Å². The number of carbonyl (C=O) groups is 2. The standard InChI is InChI=1S/C18H26N4O2.2ClH/c1-22(2)10-15(23)20-13-5-7-14(8-6-13)21-18(24)16-11-3-4-12(9-11)17(16)19;;/h5-8,11-12,16-17H,3-4,9-10,19H2,1-2H3,(H,20,23)(H,21,24);2*1H. The molecule has 0 aromatic heterocycles. The second-order valence-corrected chi connectivity index (χ2v) is 7.29. The van der Waals surface area contributed by atoms with Crippen LogP contribution >= 0.6 is 24.8 Å². The number of rotatable bonds is 5. The van der Waals surface area contributed by atoms with Crippen molar-refractivity contribution in [3.63, 3.8) is 0 Å². The summed E-state index contributed by atoms with van der Waals surface area (Å²) in [5.74, 6) is 0.849. The Labute approximate surface area is 167 Å². The normalized spacial score (nSPS) is 26.0. The highest BCUT2D eigenvalue weighted by Gasteiger charge is 2.49. The molecule has 2 saturated carbocycles. The van der Waals surface area contributed by atoms with Crippen LogP contribution < -0.4 is 16.4 Å². The van der Waals surface area contributed by atoms with Crippen molar-refractivity contribution in [3.05, 3.63) is 24.3 Å². The monoisotopic (exact) mass is 402 g/mol. The van der Waals surface area contributed by atoms with Gasteiger partial charge in [-0.15, -0.1) is 24.8 Å². The Balaban J connectivity index is 0.00000169. The molecule has 0 saturated heterocycles. The average molecular weight is 403 g/mol. The molecule has 2 amide bonds. The van der Waals surface area contributed by atoms with E-state index in [0.717, 1.165) is 30.6 Å². The van der Waals surface area contributed by atoms with E-state index < -0.39 is 0 Å². The Bertz CT molecular complexity index is 622. The molecule has 1 aromatic carbocycles. The summed E-state index contributed by atoms with van der Waals surface area (Å²) in [6.07, 6.45) is 3.38. The van der Waals surface area contributed by atoms with E-state index in [1.54, 1.807) is 12.1 Å². The lowest BCUT2D eigenvalue weighted by Crippen LogP contribution is -2.42. The van der Waals surface area contributed by atoms with Gasteiger partial charge < -0.3 is 21.3 Å². The molecule has 2 aliphatic rings. The summed E-state index contributed by atoms with van der Waals surface area (Å²) in [6, 6.07) is 7.20. The first kappa shape index (κ1) is 22.7. The van der Waals surface area contributed by atoms with Crippen LogP contribution in [0.25, 0.3) is 0 Å². The lowest BCUT2D eigenvalue weighted by Gasteiger charge is -2.27. The third kappa shape index (κ3) is 5.10. The smallest absolute Gasteiger partial charge is 0.238 e. The SMILES string of the molecule is CN(C)CC(=O)Nc1ccc(NC(=O)C2C3CCC(C3)C2N)cc1.Cl.Cl. The second kappa shape index (κ2) is 9.55. The topological polar surface area (TPSA) is 87.5 Å². The fourth-order valence-electron chi connectivity index (χ4n) is 4.08. The summed E-state index contributed by atoms with van der Waals surface area (Å²) in [7, 11) is 3.69. The molecule has 0 spiro atoms. The quantitative estimate of drug-likeness (QED) is 0.704. The van der Waals surface area contributed by atoms with Gasteiger partial charge in [0.25, 0.3) is 0 Å². The van der Waals surface area contributed by atoms with Crippen molar-refractivity contribution in [2.75, 3.05) is 31.3 Å². The lowest BCUT2D eigenvalue weighted by molar-refractivity contribution is -0.121. The van der Waals surface area contributed by atoms with E-state index in [1.807, 2.05) is 31.1 Å². The fourth-order valence-corrected chi connectivity index (χ4v) is 4.08. The molecule has 4 N–H and O–H groups in total. The maximum absolute atomic E-state index is 12.5. The van der Waals surface area contributed by atoms with Gasteiger partial charge in [-0.05, 0) is 69.5 Å². The molecule has 0 radical (unpaired) electrons. The van der Waals surface area contributed by atoms with Gasteiger partial charge in [0, 0.05) is 17.4 Å². The Kier molecular flexibility index (Phi) is 8.34. The van der Waals surface area contributed by atoms with Gasteiger partial charge in [0.1, 0.15) is 0 Å². The summed E-state index contributed by atoms with van der Waals surface area (Å²) in [4.78, 5) is 26.1. The number of benzene rings is 1. The van der Waals surface area contributed by atoms with Crippen molar-refractivity contribution in [2.24, 2.45) is 23.5 Å². The number of nitrogens with zero attached hydrogens (tertiary/aromatic N) is 1. The van der Waals surface area contributed by atoms with Crippen LogP contribution in [0.5, 0.6) is 0 Å². The van der Waals surface area contributed by atoms with E-state index in [9.17, 15) is 9.59 Å². The molecule has 8 heteroatoms. The van der Waals surface area contributed by atoms with Gasteiger partial charge >= 0.3 is 0 Å². The number of fused-ring (bicyclic) bond motifs is 2. The summed E-state index contributed by atoms with van der Waals surface area (Å²) < 4.78 is 0. The van der Waals surface area contributed by atoms with Crippen LogP contribution in [0.3, 0.4) is 0 Å². The summed E-state index contributed by atoms with van der Waals surface area (Å²) in [5.41, 5.74) is 7.68. The third-order valence-corrected chi connectivity index (χ3v) is 5.18. The highest BCUT2D eigenvalue weighted by molar-refractivity contribution is 5.95. The van der Waals surface area contributed by atoms with Gasteiger partial charge in [0.05, 0.1) is 12.5 Å². The molecule has 6 nitrogen and oxygen atoms in total. The van der Waals surface area contributed by atoms with Crippen molar-refractivity contribution in [3.8, 4) is 0 Å². The van der Waals surface area contributed by atoms with Gasteiger partial charge in [0.2, 0.25) is 11.8 Å². The van der Waals surface area contributed by atoms with Crippen molar-refractivity contribution >= 4 is 48.0 Å². The number of carbonyl (C=O) groups excluding carboxylic acids is 2. The van der Waals surface area contributed by atoms with Gasteiger partial charge in [-0.1, -0.05) is 0 Å². The van der Waals surface area contributed by atoms with E-state index >= 15 is 0 Å². The molecular formula is C18H28Cl2N4O2. The molecular weight excluding hydrogens is 375 g/mol. The number of hydrogen-bond donors (Lipinski definition) is 3. The first-order valence-electron chi connectivity index (χ1n) is 8.55. The van der Waals surface area contributed by atoms with Gasteiger partial charge in [-0.25, -0.2) is 0 Å². The summed E-state index contributed by atoms with van der Waals surface area (Å²) >= 11 is 0. The van der Waals surface area contributed by atoms with Crippen molar-refractivity contribution in [1.82, 2.24) is 4.90 Å². The minimum absolute atomic E-state index is 0. The largest absolute Gasteiger partial charge is 0.327 e. The molecule has 0 heterocycles. The number of nitrogens with one attached hydrogen (secondary N) is 2. The van der Waals surface area contributed by atoms with E-state index in [-0.39, 0.29) is 48.6 Å². The number of halogens is 2. The molecule has 4 atom stereocenters. The molecule has 2 fully saturated rings. The zero-order chi connectivity index (χ0) is 17.3. The van der Waals surface area contributed by atoms with Crippen molar-refractivity contribution in [2.45, 2.75) is 25.3 Å². The minimum Gasteiger partial charge on any atom is -0.327 e. The zero-order valence-corrected chi connectivity index (χ0v) is 16.7. The molecule has 4 unspecified atom stereocenters. The predicted molar refractivity (Wildman–Crippen MR) is 109 cm³/mol. The molecule has 2 bridgehead atoms.